The van der Waals surface area contributed by atoms with Crippen molar-refractivity contribution in [3.8, 4) is 0 Å². The number of anilines is 1. The van der Waals surface area contributed by atoms with Gasteiger partial charge in [-0.2, -0.15) is 0 Å². The number of nitrogens with one attached hydrogen (secondary N) is 1. The fourth-order valence-electron chi connectivity index (χ4n) is 3.55. The van der Waals surface area contributed by atoms with E-state index in [1.54, 1.807) is 0 Å². The number of hydrogen-bond acceptors (Lipinski definition) is 5. The average Bonchev–Trinajstić information content (AvgIpc) is 2.62. The number of ether oxygens (including phenoxy) is 2. The van der Waals surface area contributed by atoms with Gasteiger partial charge in [-0.1, -0.05) is 18.2 Å². The number of nitrogens with zero attached hydrogens (tertiary/aromatic N) is 1. The Kier molecular flexibility index (Phi) is 6.90. The molecule has 0 saturated carbocycles. The molecule has 24 heavy (non-hydrogen) atoms. The van der Waals surface area contributed by atoms with E-state index in [1.165, 1.54) is 12.1 Å². The van der Waals surface area contributed by atoms with E-state index in [1.807, 2.05) is 6.07 Å². The predicted octanol–water partition coefficient (Wildman–Crippen LogP) is 2.12. The average molecular weight is 334 g/mol. The summed E-state index contributed by atoms with van der Waals surface area (Å²) in [4.78, 5) is 2.35. The first-order valence-electron chi connectivity index (χ1n) is 9.21. The third kappa shape index (κ3) is 5.74. The number of piperidine rings is 1. The first kappa shape index (κ1) is 17.7. The fourth-order valence-corrected chi connectivity index (χ4v) is 3.55. The molecular formula is C19H30N2O3. The minimum atomic E-state index is -0.414. The van der Waals surface area contributed by atoms with Gasteiger partial charge in [0, 0.05) is 38.0 Å². The van der Waals surface area contributed by atoms with Crippen LogP contribution in [-0.4, -0.2) is 67.7 Å². The van der Waals surface area contributed by atoms with Gasteiger partial charge in [0.05, 0.1) is 18.8 Å². The highest BCUT2D eigenvalue weighted by molar-refractivity contribution is 5.43. The van der Waals surface area contributed by atoms with E-state index in [9.17, 15) is 5.11 Å². The first-order chi connectivity index (χ1) is 11.8. The van der Waals surface area contributed by atoms with Crippen molar-refractivity contribution in [3.63, 3.8) is 0 Å². The van der Waals surface area contributed by atoms with Crippen molar-refractivity contribution in [1.29, 1.82) is 0 Å². The van der Waals surface area contributed by atoms with E-state index in [0.29, 0.717) is 19.2 Å². The second-order valence-corrected chi connectivity index (χ2v) is 6.91. The zero-order valence-electron chi connectivity index (χ0n) is 14.4. The summed E-state index contributed by atoms with van der Waals surface area (Å²) in [6, 6.07) is 10.8. The SMILES string of the molecule is OC(COC1CCOCC1)CN1CCCC(Nc2ccccc2)C1. The highest BCUT2D eigenvalue weighted by atomic mass is 16.5. The van der Waals surface area contributed by atoms with E-state index >= 15 is 0 Å². The number of rotatable bonds is 7. The molecule has 2 saturated heterocycles. The number of aliphatic hydroxyl groups is 1. The Morgan fingerprint density at radius 1 is 1.21 bits per heavy atom. The van der Waals surface area contributed by atoms with Gasteiger partial charge in [0.2, 0.25) is 0 Å². The predicted molar refractivity (Wildman–Crippen MR) is 95.3 cm³/mol. The summed E-state index contributed by atoms with van der Waals surface area (Å²) in [6.45, 7) is 4.71. The maximum absolute atomic E-state index is 10.3. The van der Waals surface area contributed by atoms with Crippen molar-refractivity contribution in [2.24, 2.45) is 0 Å². The van der Waals surface area contributed by atoms with E-state index < -0.39 is 6.10 Å². The zero-order valence-corrected chi connectivity index (χ0v) is 14.4. The minimum Gasteiger partial charge on any atom is -0.389 e. The number of likely N-dealkylation sites (tertiary alicyclic amines) is 1. The Balaban J connectivity index is 1.38. The van der Waals surface area contributed by atoms with Crippen LogP contribution in [0, 0.1) is 0 Å². The number of benzene rings is 1. The Morgan fingerprint density at radius 2 is 2.00 bits per heavy atom. The second kappa shape index (κ2) is 9.37. The molecule has 0 amide bonds. The van der Waals surface area contributed by atoms with Gasteiger partial charge < -0.3 is 19.9 Å². The summed E-state index contributed by atoms with van der Waals surface area (Å²) in [5, 5.41) is 13.9. The van der Waals surface area contributed by atoms with Gasteiger partial charge in [0.1, 0.15) is 0 Å². The van der Waals surface area contributed by atoms with Gasteiger partial charge in [-0.15, -0.1) is 0 Å². The molecule has 3 rings (SSSR count). The van der Waals surface area contributed by atoms with Crippen LogP contribution >= 0.6 is 0 Å². The molecule has 2 N–H and O–H groups in total. The maximum atomic E-state index is 10.3. The highest BCUT2D eigenvalue weighted by Crippen LogP contribution is 2.16. The van der Waals surface area contributed by atoms with Gasteiger partial charge in [0.25, 0.3) is 0 Å². The topological polar surface area (TPSA) is 54.0 Å². The molecule has 0 aromatic heterocycles. The summed E-state index contributed by atoms with van der Waals surface area (Å²) < 4.78 is 11.2. The number of hydrogen-bond donors (Lipinski definition) is 2. The third-order valence-corrected chi connectivity index (χ3v) is 4.81. The highest BCUT2D eigenvalue weighted by Gasteiger charge is 2.22. The molecule has 0 aliphatic carbocycles. The standard InChI is InChI=1S/C19H30N2O3/c22-18(15-24-19-8-11-23-12-9-19)14-21-10-4-7-17(13-21)20-16-5-2-1-3-6-16/h1-3,5-6,17-20,22H,4,7-15H2. The molecule has 1 aromatic carbocycles. The Morgan fingerprint density at radius 3 is 2.79 bits per heavy atom. The summed E-state index contributed by atoms with van der Waals surface area (Å²) >= 11 is 0. The van der Waals surface area contributed by atoms with Crippen LogP contribution in [0.1, 0.15) is 25.7 Å². The van der Waals surface area contributed by atoms with Crippen LogP contribution in [0.4, 0.5) is 5.69 Å². The van der Waals surface area contributed by atoms with E-state index in [4.69, 9.17) is 9.47 Å². The van der Waals surface area contributed by atoms with Crippen LogP contribution in [0.3, 0.4) is 0 Å². The van der Waals surface area contributed by atoms with Gasteiger partial charge in [-0.25, -0.2) is 0 Å². The van der Waals surface area contributed by atoms with Crippen molar-refractivity contribution in [1.82, 2.24) is 4.90 Å². The molecule has 0 radical (unpaired) electrons. The first-order valence-corrected chi connectivity index (χ1v) is 9.21. The van der Waals surface area contributed by atoms with Crippen molar-refractivity contribution >= 4 is 5.69 Å². The molecule has 1 aromatic rings. The lowest BCUT2D eigenvalue weighted by molar-refractivity contribution is -0.0649. The van der Waals surface area contributed by atoms with Crippen LogP contribution in [0.2, 0.25) is 0 Å². The Bertz CT molecular complexity index is 465. The molecule has 2 aliphatic heterocycles. The molecule has 5 heteroatoms. The smallest absolute Gasteiger partial charge is 0.0900 e. The fraction of sp³-hybridized carbons (Fsp3) is 0.684. The van der Waals surface area contributed by atoms with Gasteiger partial charge in [0.15, 0.2) is 0 Å². The van der Waals surface area contributed by atoms with Crippen molar-refractivity contribution < 1.29 is 14.6 Å². The molecule has 2 aliphatic rings. The van der Waals surface area contributed by atoms with Crippen LogP contribution in [0.5, 0.6) is 0 Å². The minimum absolute atomic E-state index is 0.252. The normalized spacial score (nSPS) is 24.6. The molecule has 0 spiro atoms. The number of β-amino-alcohol motifs (C(OH)–C–C–N with tert-alkyl or cyclic N) is 1. The lowest BCUT2D eigenvalue weighted by Gasteiger charge is -2.35. The number of para-hydroxylation sites is 1. The van der Waals surface area contributed by atoms with Gasteiger partial charge >= 0.3 is 0 Å². The lowest BCUT2D eigenvalue weighted by atomic mass is 10.0. The van der Waals surface area contributed by atoms with Crippen molar-refractivity contribution in [3.05, 3.63) is 30.3 Å². The third-order valence-electron chi connectivity index (χ3n) is 4.81. The molecule has 134 valence electrons. The molecule has 0 bridgehead atoms. The van der Waals surface area contributed by atoms with Crippen LogP contribution in [0.15, 0.2) is 30.3 Å². The molecule has 2 heterocycles. The second-order valence-electron chi connectivity index (χ2n) is 6.91. The lowest BCUT2D eigenvalue weighted by Crippen LogP contribution is -2.46. The van der Waals surface area contributed by atoms with Crippen LogP contribution in [0.25, 0.3) is 0 Å². The van der Waals surface area contributed by atoms with Crippen LogP contribution in [-0.2, 0) is 9.47 Å². The molecule has 2 atom stereocenters. The quantitative estimate of drug-likeness (QED) is 0.800. The summed E-state index contributed by atoms with van der Waals surface area (Å²) in [6.07, 6.45) is 4.07. The van der Waals surface area contributed by atoms with Gasteiger partial charge in [-0.05, 0) is 44.4 Å². The molecule has 2 unspecified atom stereocenters. The summed E-state index contributed by atoms with van der Waals surface area (Å²) in [5.74, 6) is 0. The van der Waals surface area contributed by atoms with Crippen molar-refractivity contribution in [2.75, 3.05) is 44.8 Å². The summed E-state index contributed by atoms with van der Waals surface area (Å²) in [5.41, 5.74) is 1.17. The molecule has 5 nitrogen and oxygen atoms in total. The van der Waals surface area contributed by atoms with Crippen LogP contribution < -0.4 is 5.32 Å². The monoisotopic (exact) mass is 334 g/mol. The van der Waals surface area contributed by atoms with Gasteiger partial charge in [-0.3, -0.25) is 4.90 Å². The molecule has 2 fully saturated rings. The van der Waals surface area contributed by atoms with E-state index in [-0.39, 0.29) is 6.10 Å². The zero-order chi connectivity index (χ0) is 16.6. The molecular weight excluding hydrogens is 304 g/mol. The van der Waals surface area contributed by atoms with E-state index in [0.717, 1.165) is 45.6 Å². The Labute approximate surface area is 144 Å². The van der Waals surface area contributed by atoms with E-state index in [2.05, 4.69) is 34.5 Å². The largest absolute Gasteiger partial charge is 0.389 e. The Hall–Kier alpha value is -1.14. The maximum Gasteiger partial charge on any atom is 0.0900 e. The number of aliphatic hydroxyl groups excluding tert-OH is 1. The summed E-state index contributed by atoms with van der Waals surface area (Å²) in [7, 11) is 0. The van der Waals surface area contributed by atoms with Crippen molar-refractivity contribution in [2.45, 2.75) is 43.9 Å².